The van der Waals surface area contributed by atoms with Gasteiger partial charge in [-0.15, -0.1) is 0 Å². The van der Waals surface area contributed by atoms with E-state index in [9.17, 15) is 19.2 Å². The maximum Gasteiger partial charge on any atom is 0.325 e. The molecule has 1 aromatic carbocycles. The number of benzene rings is 1. The van der Waals surface area contributed by atoms with Gasteiger partial charge in [0.15, 0.2) is 0 Å². The summed E-state index contributed by atoms with van der Waals surface area (Å²) in [6.45, 7) is 2.40. The van der Waals surface area contributed by atoms with Crippen molar-refractivity contribution < 1.29 is 24.3 Å². The van der Waals surface area contributed by atoms with Crippen molar-refractivity contribution >= 4 is 23.7 Å². The van der Waals surface area contributed by atoms with Crippen LogP contribution in [-0.2, 0) is 25.6 Å². The molecule has 9 heteroatoms. The van der Waals surface area contributed by atoms with Crippen molar-refractivity contribution in [3.05, 3.63) is 35.9 Å². The quantitative estimate of drug-likeness (QED) is 0.370. The molecular formula is C17H24N4O5. The minimum absolute atomic E-state index is 0.221. The molecule has 0 aliphatic carbocycles. The monoisotopic (exact) mass is 364 g/mol. The first-order chi connectivity index (χ1) is 12.2. The van der Waals surface area contributed by atoms with Crippen molar-refractivity contribution in [3.63, 3.8) is 0 Å². The predicted octanol–water partition coefficient (Wildman–Crippen LogP) is -1.23. The summed E-state index contributed by atoms with van der Waals surface area (Å²) in [6.07, 6.45) is 0.221. The maximum atomic E-state index is 12.4. The molecule has 0 saturated heterocycles. The van der Waals surface area contributed by atoms with Crippen LogP contribution >= 0.6 is 0 Å². The maximum absolute atomic E-state index is 12.4. The number of hydrogen-bond acceptors (Lipinski definition) is 5. The van der Waals surface area contributed by atoms with Crippen LogP contribution < -0.4 is 21.7 Å². The summed E-state index contributed by atoms with van der Waals surface area (Å²) in [4.78, 5) is 46.6. The fourth-order valence-corrected chi connectivity index (χ4v) is 2.01. The average Bonchev–Trinajstić information content (AvgIpc) is 2.59. The van der Waals surface area contributed by atoms with Gasteiger partial charge in [0.25, 0.3) is 0 Å². The zero-order valence-electron chi connectivity index (χ0n) is 14.7. The summed E-state index contributed by atoms with van der Waals surface area (Å²) in [5, 5.41) is 15.9. The van der Waals surface area contributed by atoms with E-state index >= 15 is 0 Å². The lowest BCUT2D eigenvalue weighted by Crippen LogP contribution is -2.53. The van der Waals surface area contributed by atoms with Crippen LogP contribution in [0.5, 0.6) is 0 Å². The Morgan fingerprint density at radius 2 is 1.65 bits per heavy atom. The Labute approximate surface area is 151 Å². The van der Waals surface area contributed by atoms with Gasteiger partial charge in [0.2, 0.25) is 17.7 Å². The molecule has 9 nitrogen and oxygen atoms in total. The summed E-state index contributed by atoms with van der Waals surface area (Å²) in [7, 11) is 0. The highest BCUT2D eigenvalue weighted by molar-refractivity contribution is 5.92. The molecule has 0 radical (unpaired) electrons. The smallest absolute Gasteiger partial charge is 0.325 e. The van der Waals surface area contributed by atoms with Crippen LogP contribution in [0.25, 0.3) is 0 Å². The van der Waals surface area contributed by atoms with Crippen molar-refractivity contribution in [2.45, 2.75) is 38.4 Å². The van der Waals surface area contributed by atoms with Crippen LogP contribution in [0.1, 0.15) is 19.4 Å². The molecule has 0 aliphatic rings. The van der Waals surface area contributed by atoms with E-state index in [2.05, 4.69) is 16.0 Å². The van der Waals surface area contributed by atoms with Gasteiger partial charge >= 0.3 is 5.97 Å². The van der Waals surface area contributed by atoms with E-state index < -0.39 is 48.4 Å². The first-order valence-corrected chi connectivity index (χ1v) is 8.10. The topological polar surface area (TPSA) is 151 Å². The van der Waals surface area contributed by atoms with Gasteiger partial charge in [-0.1, -0.05) is 30.3 Å². The van der Waals surface area contributed by atoms with Crippen molar-refractivity contribution in [1.29, 1.82) is 0 Å². The van der Waals surface area contributed by atoms with Crippen LogP contribution in [0.4, 0.5) is 0 Å². The fraction of sp³-hybridized carbons (Fsp3) is 0.412. The molecule has 3 amide bonds. The zero-order chi connectivity index (χ0) is 19.7. The van der Waals surface area contributed by atoms with Crippen molar-refractivity contribution in [2.24, 2.45) is 5.73 Å². The Balaban J connectivity index is 2.69. The molecule has 0 heterocycles. The lowest BCUT2D eigenvalue weighted by molar-refractivity contribution is -0.141. The summed E-state index contributed by atoms with van der Waals surface area (Å²) >= 11 is 0. The first kappa shape index (κ1) is 21.1. The first-order valence-electron chi connectivity index (χ1n) is 8.10. The van der Waals surface area contributed by atoms with E-state index in [0.717, 1.165) is 5.56 Å². The van der Waals surface area contributed by atoms with E-state index in [-0.39, 0.29) is 6.42 Å². The molecule has 3 atom stereocenters. The van der Waals surface area contributed by atoms with Crippen molar-refractivity contribution in [2.75, 3.05) is 6.54 Å². The molecule has 142 valence electrons. The highest BCUT2D eigenvalue weighted by Crippen LogP contribution is 2.04. The van der Waals surface area contributed by atoms with Crippen molar-refractivity contribution in [1.82, 2.24) is 16.0 Å². The van der Waals surface area contributed by atoms with Gasteiger partial charge in [-0.3, -0.25) is 19.2 Å². The van der Waals surface area contributed by atoms with Crippen LogP contribution in [0.2, 0.25) is 0 Å². The van der Waals surface area contributed by atoms with Gasteiger partial charge in [0, 0.05) is 6.42 Å². The molecule has 0 bridgehead atoms. The summed E-state index contributed by atoms with van der Waals surface area (Å²) < 4.78 is 0. The number of carboxylic acids is 1. The SMILES string of the molecule is CC(N)C(=O)NC(Cc1ccccc1)C(=O)NCC(=O)NC(C)C(=O)O. The van der Waals surface area contributed by atoms with Gasteiger partial charge in [0.05, 0.1) is 12.6 Å². The number of aliphatic carboxylic acids is 1. The molecule has 1 aromatic rings. The van der Waals surface area contributed by atoms with Crippen LogP contribution in [0.3, 0.4) is 0 Å². The van der Waals surface area contributed by atoms with E-state index in [1.54, 1.807) is 24.3 Å². The lowest BCUT2D eigenvalue weighted by Gasteiger charge is -2.20. The predicted molar refractivity (Wildman–Crippen MR) is 94.0 cm³/mol. The molecule has 26 heavy (non-hydrogen) atoms. The number of carbonyl (C=O) groups is 4. The Kier molecular flexibility index (Phi) is 8.23. The number of nitrogens with one attached hydrogen (secondary N) is 3. The Bertz CT molecular complexity index is 648. The van der Waals surface area contributed by atoms with E-state index in [1.165, 1.54) is 13.8 Å². The van der Waals surface area contributed by atoms with Gasteiger partial charge in [-0.25, -0.2) is 0 Å². The average molecular weight is 364 g/mol. The molecule has 0 aliphatic heterocycles. The summed E-state index contributed by atoms with van der Waals surface area (Å²) in [6, 6.07) is 6.27. The second kappa shape index (κ2) is 10.1. The van der Waals surface area contributed by atoms with Gasteiger partial charge < -0.3 is 26.8 Å². The lowest BCUT2D eigenvalue weighted by atomic mass is 10.0. The molecule has 0 saturated carbocycles. The molecular weight excluding hydrogens is 340 g/mol. The second-order valence-corrected chi connectivity index (χ2v) is 5.88. The van der Waals surface area contributed by atoms with Crippen LogP contribution in [0.15, 0.2) is 30.3 Å². The van der Waals surface area contributed by atoms with E-state index in [1.807, 2.05) is 6.07 Å². The highest BCUT2D eigenvalue weighted by Gasteiger charge is 2.23. The summed E-state index contributed by atoms with van der Waals surface area (Å²) in [5.74, 6) is -2.90. The normalized spacial score (nSPS) is 13.8. The van der Waals surface area contributed by atoms with E-state index in [4.69, 9.17) is 10.8 Å². The van der Waals surface area contributed by atoms with Crippen LogP contribution in [-0.4, -0.2) is 53.5 Å². The number of hydrogen-bond donors (Lipinski definition) is 5. The van der Waals surface area contributed by atoms with Gasteiger partial charge in [-0.05, 0) is 19.4 Å². The number of rotatable bonds is 9. The zero-order valence-corrected chi connectivity index (χ0v) is 14.7. The number of amides is 3. The van der Waals surface area contributed by atoms with Gasteiger partial charge in [0.1, 0.15) is 12.1 Å². The van der Waals surface area contributed by atoms with Crippen LogP contribution in [0, 0.1) is 0 Å². The number of carbonyl (C=O) groups excluding carboxylic acids is 3. The largest absolute Gasteiger partial charge is 0.480 e. The Morgan fingerprint density at radius 1 is 1.04 bits per heavy atom. The number of carboxylic acid groups (broad SMARTS) is 1. The minimum atomic E-state index is -1.18. The standard InChI is InChI=1S/C17H24N4O5/c1-10(18)15(23)21-13(8-12-6-4-3-5-7-12)16(24)19-9-14(22)20-11(2)17(25)26/h3-7,10-11,13H,8-9,18H2,1-2H3,(H,19,24)(H,20,22)(H,21,23)(H,25,26). The third-order valence-electron chi connectivity index (χ3n) is 3.50. The fourth-order valence-electron chi connectivity index (χ4n) is 2.01. The molecule has 0 aromatic heterocycles. The molecule has 0 spiro atoms. The second-order valence-electron chi connectivity index (χ2n) is 5.88. The molecule has 3 unspecified atom stereocenters. The molecule has 6 N–H and O–H groups in total. The molecule has 1 rings (SSSR count). The minimum Gasteiger partial charge on any atom is -0.480 e. The van der Waals surface area contributed by atoms with Crippen molar-refractivity contribution in [3.8, 4) is 0 Å². The highest BCUT2D eigenvalue weighted by atomic mass is 16.4. The molecule has 0 fully saturated rings. The number of nitrogens with two attached hydrogens (primary N) is 1. The Hall–Kier alpha value is -2.94. The van der Waals surface area contributed by atoms with Gasteiger partial charge in [-0.2, -0.15) is 0 Å². The Morgan fingerprint density at radius 3 is 2.19 bits per heavy atom. The third-order valence-corrected chi connectivity index (χ3v) is 3.50. The summed E-state index contributed by atoms with van der Waals surface area (Å²) in [5.41, 5.74) is 6.34. The van der Waals surface area contributed by atoms with E-state index in [0.29, 0.717) is 0 Å². The third kappa shape index (κ3) is 7.31.